The molecular formula is C15H24N2O. The van der Waals surface area contributed by atoms with Crippen LogP contribution in [0.3, 0.4) is 0 Å². The molecule has 2 aliphatic carbocycles. The van der Waals surface area contributed by atoms with Crippen molar-refractivity contribution >= 4 is 5.91 Å². The summed E-state index contributed by atoms with van der Waals surface area (Å²) in [5, 5.41) is 9.49. The second kappa shape index (κ2) is 5.30. The van der Waals surface area contributed by atoms with Gasteiger partial charge in [0.2, 0.25) is 5.91 Å². The van der Waals surface area contributed by atoms with Gasteiger partial charge in [-0.05, 0) is 31.1 Å². The van der Waals surface area contributed by atoms with Crippen molar-refractivity contribution in [1.82, 2.24) is 4.90 Å². The van der Waals surface area contributed by atoms with E-state index in [9.17, 15) is 10.1 Å². The van der Waals surface area contributed by atoms with Crippen LogP contribution in [0, 0.1) is 28.6 Å². The third kappa shape index (κ3) is 2.68. The lowest BCUT2D eigenvalue weighted by atomic mass is 9.80. The molecule has 18 heavy (non-hydrogen) atoms. The molecule has 2 rings (SSSR count). The monoisotopic (exact) mass is 248 g/mol. The zero-order chi connectivity index (χ0) is 13.2. The summed E-state index contributed by atoms with van der Waals surface area (Å²) in [5.74, 6) is 1.50. The molecule has 100 valence electrons. The van der Waals surface area contributed by atoms with E-state index in [1.165, 1.54) is 19.3 Å². The van der Waals surface area contributed by atoms with Crippen LogP contribution in [-0.2, 0) is 4.79 Å². The van der Waals surface area contributed by atoms with Crippen LogP contribution in [0.4, 0.5) is 0 Å². The predicted molar refractivity (Wildman–Crippen MR) is 70.7 cm³/mol. The first-order valence-corrected chi connectivity index (χ1v) is 7.26. The maximum atomic E-state index is 12.6. The van der Waals surface area contributed by atoms with Gasteiger partial charge in [0, 0.05) is 13.6 Å². The molecule has 2 atom stereocenters. The molecule has 2 unspecified atom stereocenters. The largest absolute Gasteiger partial charge is 0.344 e. The van der Waals surface area contributed by atoms with Gasteiger partial charge >= 0.3 is 0 Å². The minimum Gasteiger partial charge on any atom is -0.344 e. The highest BCUT2D eigenvalue weighted by Gasteiger charge is 2.42. The fraction of sp³-hybridized carbons (Fsp3) is 0.867. The van der Waals surface area contributed by atoms with Crippen LogP contribution in [-0.4, -0.2) is 24.4 Å². The molecule has 0 aliphatic heterocycles. The number of nitrogens with zero attached hydrogens (tertiary/aromatic N) is 2. The molecular weight excluding hydrogens is 224 g/mol. The molecule has 0 bridgehead atoms. The smallest absolute Gasteiger partial charge is 0.242 e. The molecule has 0 heterocycles. The second-order valence-corrected chi connectivity index (χ2v) is 6.27. The number of hydrogen-bond donors (Lipinski definition) is 0. The fourth-order valence-corrected chi connectivity index (χ4v) is 3.16. The molecule has 3 heteroatoms. The van der Waals surface area contributed by atoms with Crippen LogP contribution in [0.5, 0.6) is 0 Å². The van der Waals surface area contributed by atoms with Crippen LogP contribution >= 0.6 is 0 Å². The molecule has 0 spiro atoms. The SMILES string of the molecule is CC1CC1CN(C)C(=O)C1(C#N)CCCCCC1. The Kier molecular flexibility index (Phi) is 3.94. The Balaban J connectivity index is 2.01. The van der Waals surface area contributed by atoms with Gasteiger partial charge in [-0.25, -0.2) is 0 Å². The standard InChI is InChI=1S/C15H24N2O/c1-12-9-13(12)10-17(2)14(18)15(11-16)7-5-3-4-6-8-15/h12-13H,3-10H2,1-2H3. The Hall–Kier alpha value is -1.04. The van der Waals surface area contributed by atoms with Gasteiger partial charge in [0.25, 0.3) is 0 Å². The maximum Gasteiger partial charge on any atom is 0.242 e. The van der Waals surface area contributed by atoms with Gasteiger partial charge in [-0.3, -0.25) is 4.79 Å². The van der Waals surface area contributed by atoms with Gasteiger partial charge in [0.05, 0.1) is 6.07 Å². The molecule has 0 saturated heterocycles. The van der Waals surface area contributed by atoms with Crippen LogP contribution in [0.25, 0.3) is 0 Å². The zero-order valence-electron chi connectivity index (χ0n) is 11.6. The molecule has 2 fully saturated rings. The molecule has 1 amide bonds. The molecule has 0 aromatic rings. The number of hydrogen-bond acceptors (Lipinski definition) is 2. The van der Waals surface area contributed by atoms with Crippen molar-refractivity contribution in [2.45, 2.75) is 51.9 Å². The van der Waals surface area contributed by atoms with E-state index in [2.05, 4.69) is 13.0 Å². The highest BCUT2D eigenvalue weighted by molar-refractivity contribution is 5.85. The summed E-state index contributed by atoms with van der Waals surface area (Å²) in [6.45, 7) is 3.07. The van der Waals surface area contributed by atoms with Gasteiger partial charge in [-0.1, -0.05) is 32.6 Å². The number of carbonyl (C=O) groups excluding carboxylic acids is 1. The summed E-state index contributed by atoms with van der Waals surface area (Å²) >= 11 is 0. The summed E-state index contributed by atoms with van der Waals surface area (Å²) in [6.07, 6.45) is 7.12. The van der Waals surface area contributed by atoms with Crippen molar-refractivity contribution in [3.8, 4) is 6.07 Å². The van der Waals surface area contributed by atoms with E-state index >= 15 is 0 Å². The minimum atomic E-state index is -0.719. The molecule has 3 nitrogen and oxygen atoms in total. The quantitative estimate of drug-likeness (QED) is 0.721. The van der Waals surface area contributed by atoms with Crippen molar-refractivity contribution < 1.29 is 4.79 Å². The Labute approximate surface area is 110 Å². The summed E-state index contributed by atoms with van der Waals surface area (Å²) in [4.78, 5) is 14.4. The highest BCUT2D eigenvalue weighted by Crippen LogP contribution is 2.40. The average molecular weight is 248 g/mol. The fourth-order valence-electron chi connectivity index (χ4n) is 3.16. The van der Waals surface area contributed by atoms with E-state index in [4.69, 9.17) is 0 Å². The molecule has 0 aromatic heterocycles. The minimum absolute atomic E-state index is 0.0750. The third-order valence-electron chi connectivity index (χ3n) is 4.71. The first-order valence-electron chi connectivity index (χ1n) is 7.26. The zero-order valence-corrected chi connectivity index (χ0v) is 11.6. The lowest BCUT2D eigenvalue weighted by Gasteiger charge is -2.29. The summed E-state index contributed by atoms with van der Waals surface area (Å²) in [7, 11) is 1.87. The predicted octanol–water partition coefficient (Wildman–Crippen LogP) is 2.96. The third-order valence-corrected chi connectivity index (χ3v) is 4.71. The highest BCUT2D eigenvalue weighted by atomic mass is 16.2. The summed E-state index contributed by atoms with van der Waals surface area (Å²) in [6, 6.07) is 2.35. The lowest BCUT2D eigenvalue weighted by molar-refractivity contribution is -0.138. The second-order valence-electron chi connectivity index (χ2n) is 6.27. The van der Waals surface area contributed by atoms with Crippen molar-refractivity contribution in [2.24, 2.45) is 17.3 Å². The van der Waals surface area contributed by atoms with E-state index in [-0.39, 0.29) is 5.91 Å². The van der Waals surface area contributed by atoms with E-state index in [1.54, 1.807) is 0 Å². The number of amides is 1. The Bertz CT molecular complexity index is 350. The molecule has 2 aliphatic rings. The maximum absolute atomic E-state index is 12.6. The first kappa shape index (κ1) is 13.4. The number of rotatable bonds is 3. The Morgan fingerprint density at radius 2 is 1.89 bits per heavy atom. The van der Waals surface area contributed by atoms with Crippen molar-refractivity contribution in [3.63, 3.8) is 0 Å². The molecule has 0 aromatic carbocycles. The van der Waals surface area contributed by atoms with Crippen molar-refractivity contribution in [3.05, 3.63) is 0 Å². The van der Waals surface area contributed by atoms with Gasteiger partial charge in [0.1, 0.15) is 5.41 Å². The van der Waals surface area contributed by atoms with Gasteiger partial charge in [-0.2, -0.15) is 5.26 Å². The van der Waals surface area contributed by atoms with Gasteiger partial charge < -0.3 is 4.90 Å². The van der Waals surface area contributed by atoms with Crippen molar-refractivity contribution in [1.29, 1.82) is 5.26 Å². The topological polar surface area (TPSA) is 44.1 Å². The average Bonchev–Trinajstić information content (AvgIpc) is 3.10. The molecule has 2 saturated carbocycles. The van der Waals surface area contributed by atoms with Crippen LogP contribution < -0.4 is 0 Å². The van der Waals surface area contributed by atoms with Gasteiger partial charge in [0.15, 0.2) is 0 Å². The van der Waals surface area contributed by atoms with Crippen LogP contribution in [0.15, 0.2) is 0 Å². The summed E-state index contributed by atoms with van der Waals surface area (Å²) < 4.78 is 0. The van der Waals surface area contributed by atoms with Crippen molar-refractivity contribution in [2.75, 3.05) is 13.6 Å². The van der Waals surface area contributed by atoms with E-state index < -0.39 is 5.41 Å². The molecule has 0 radical (unpaired) electrons. The molecule has 0 N–H and O–H groups in total. The van der Waals surface area contributed by atoms with E-state index in [0.29, 0.717) is 5.92 Å². The number of carbonyl (C=O) groups is 1. The van der Waals surface area contributed by atoms with Crippen LogP contribution in [0.2, 0.25) is 0 Å². The van der Waals surface area contributed by atoms with E-state index in [0.717, 1.165) is 38.1 Å². The first-order chi connectivity index (χ1) is 8.59. The Morgan fingerprint density at radius 1 is 1.33 bits per heavy atom. The Morgan fingerprint density at radius 3 is 2.33 bits per heavy atom. The lowest BCUT2D eigenvalue weighted by Crippen LogP contribution is -2.42. The van der Waals surface area contributed by atoms with Gasteiger partial charge in [-0.15, -0.1) is 0 Å². The van der Waals surface area contributed by atoms with Crippen LogP contribution in [0.1, 0.15) is 51.9 Å². The normalized spacial score (nSPS) is 30.1. The van der Waals surface area contributed by atoms with E-state index in [1.807, 2.05) is 11.9 Å². The number of nitriles is 1. The summed E-state index contributed by atoms with van der Waals surface area (Å²) in [5.41, 5.74) is -0.719.